The Kier molecular flexibility index (Phi) is 3.26. The molecule has 0 aliphatic heterocycles. The fourth-order valence-corrected chi connectivity index (χ4v) is 1.66. The molecule has 0 radical (unpaired) electrons. The normalized spacial score (nSPS) is 10.7. The van der Waals surface area contributed by atoms with Gasteiger partial charge in [-0.2, -0.15) is 0 Å². The van der Waals surface area contributed by atoms with Crippen molar-refractivity contribution in [2.24, 2.45) is 0 Å². The van der Waals surface area contributed by atoms with E-state index in [0.717, 1.165) is 12.3 Å². The highest BCUT2D eigenvalue weighted by molar-refractivity contribution is 7.90. The summed E-state index contributed by atoms with van der Waals surface area (Å²) >= 11 is 0. The molecule has 0 spiro atoms. The third kappa shape index (κ3) is 3.21. The number of hydrogen-bond acceptors (Lipinski definition) is 3. The SMILES string of the molecule is C=CC(=O)Nc1cccc(S(C)(=O)=O)c1. The zero-order chi connectivity index (χ0) is 11.5. The van der Waals surface area contributed by atoms with Crippen molar-refractivity contribution in [2.75, 3.05) is 11.6 Å². The number of rotatable bonds is 3. The van der Waals surface area contributed by atoms with Gasteiger partial charge in [-0.05, 0) is 24.3 Å². The van der Waals surface area contributed by atoms with Crippen LogP contribution >= 0.6 is 0 Å². The standard InChI is InChI=1S/C10H11NO3S/c1-3-10(12)11-8-5-4-6-9(7-8)15(2,13)14/h3-7H,1H2,2H3,(H,11,12). The average molecular weight is 225 g/mol. The molecule has 0 unspecified atom stereocenters. The smallest absolute Gasteiger partial charge is 0.247 e. The van der Waals surface area contributed by atoms with Gasteiger partial charge in [0, 0.05) is 11.9 Å². The summed E-state index contributed by atoms with van der Waals surface area (Å²) in [6, 6.07) is 6.04. The Morgan fingerprint density at radius 1 is 1.47 bits per heavy atom. The van der Waals surface area contributed by atoms with Crippen molar-refractivity contribution in [1.82, 2.24) is 0 Å². The van der Waals surface area contributed by atoms with E-state index in [4.69, 9.17) is 0 Å². The lowest BCUT2D eigenvalue weighted by molar-refractivity contribution is -0.111. The van der Waals surface area contributed by atoms with Crippen molar-refractivity contribution in [2.45, 2.75) is 4.90 Å². The number of anilines is 1. The molecule has 0 heterocycles. The van der Waals surface area contributed by atoms with Crippen LogP contribution in [0, 0.1) is 0 Å². The van der Waals surface area contributed by atoms with Crippen LogP contribution in [0.2, 0.25) is 0 Å². The molecule has 1 rings (SSSR count). The summed E-state index contributed by atoms with van der Waals surface area (Å²) in [6.07, 6.45) is 2.23. The van der Waals surface area contributed by atoms with Gasteiger partial charge < -0.3 is 5.32 Å². The molecule has 1 aromatic rings. The second-order valence-corrected chi connectivity index (χ2v) is 5.01. The van der Waals surface area contributed by atoms with Gasteiger partial charge in [0.05, 0.1) is 4.90 Å². The van der Waals surface area contributed by atoms with Crippen LogP contribution < -0.4 is 5.32 Å². The minimum atomic E-state index is -3.24. The van der Waals surface area contributed by atoms with E-state index < -0.39 is 9.84 Å². The first-order valence-electron chi connectivity index (χ1n) is 4.17. The molecule has 1 amide bonds. The van der Waals surface area contributed by atoms with E-state index in [-0.39, 0.29) is 10.8 Å². The molecule has 80 valence electrons. The van der Waals surface area contributed by atoms with Gasteiger partial charge in [0.15, 0.2) is 9.84 Å². The van der Waals surface area contributed by atoms with Crippen molar-refractivity contribution in [3.8, 4) is 0 Å². The topological polar surface area (TPSA) is 63.2 Å². The van der Waals surface area contributed by atoms with Crippen LogP contribution in [-0.2, 0) is 14.6 Å². The van der Waals surface area contributed by atoms with Crippen LogP contribution in [0.4, 0.5) is 5.69 Å². The van der Waals surface area contributed by atoms with E-state index in [1.54, 1.807) is 12.1 Å². The first-order valence-corrected chi connectivity index (χ1v) is 6.06. The molecule has 0 aliphatic carbocycles. The Balaban J connectivity index is 3.03. The minimum absolute atomic E-state index is 0.171. The first kappa shape index (κ1) is 11.5. The van der Waals surface area contributed by atoms with Crippen LogP contribution in [0.1, 0.15) is 0 Å². The molecule has 0 aliphatic rings. The summed E-state index contributed by atoms with van der Waals surface area (Å²) in [4.78, 5) is 11.1. The summed E-state index contributed by atoms with van der Waals surface area (Å²) in [7, 11) is -3.24. The molecule has 1 N–H and O–H groups in total. The largest absolute Gasteiger partial charge is 0.322 e. The summed E-state index contributed by atoms with van der Waals surface area (Å²) in [6.45, 7) is 3.30. The van der Waals surface area contributed by atoms with Gasteiger partial charge in [-0.1, -0.05) is 12.6 Å². The molecule has 0 aromatic heterocycles. The highest BCUT2D eigenvalue weighted by Gasteiger charge is 2.07. The van der Waals surface area contributed by atoms with Gasteiger partial charge >= 0.3 is 0 Å². The maximum atomic E-state index is 11.2. The Morgan fingerprint density at radius 3 is 2.67 bits per heavy atom. The Morgan fingerprint density at radius 2 is 2.13 bits per heavy atom. The van der Waals surface area contributed by atoms with Crippen LogP contribution in [-0.4, -0.2) is 20.6 Å². The van der Waals surface area contributed by atoms with Gasteiger partial charge in [-0.15, -0.1) is 0 Å². The fraction of sp³-hybridized carbons (Fsp3) is 0.100. The summed E-state index contributed by atoms with van der Waals surface area (Å²) in [5.74, 6) is -0.374. The molecule has 15 heavy (non-hydrogen) atoms. The number of carbonyl (C=O) groups is 1. The molecule has 0 atom stereocenters. The Bertz CT molecular complexity index is 491. The minimum Gasteiger partial charge on any atom is -0.322 e. The van der Waals surface area contributed by atoms with Gasteiger partial charge in [0.25, 0.3) is 0 Å². The van der Waals surface area contributed by atoms with Crippen LogP contribution in [0.5, 0.6) is 0 Å². The van der Waals surface area contributed by atoms with Gasteiger partial charge in [-0.3, -0.25) is 4.79 Å². The van der Waals surface area contributed by atoms with Crippen LogP contribution in [0.15, 0.2) is 41.8 Å². The molecule has 0 fully saturated rings. The Labute approximate surface area is 88.5 Å². The predicted molar refractivity (Wildman–Crippen MR) is 58.4 cm³/mol. The van der Waals surface area contributed by atoms with Crippen molar-refractivity contribution in [3.63, 3.8) is 0 Å². The average Bonchev–Trinajstić information content (AvgIpc) is 2.17. The Hall–Kier alpha value is -1.62. The van der Waals surface area contributed by atoms with E-state index >= 15 is 0 Å². The molecule has 4 nitrogen and oxygen atoms in total. The maximum absolute atomic E-state index is 11.2. The lowest BCUT2D eigenvalue weighted by atomic mass is 10.3. The number of amides is 1. The third-order valence-corrected chi connectivity index (χ3v) is 2.83. The van der Waals surface area contributed by atoms with E-state index in [1.165, 1.54) is 12.1 Å². The van der Waals surface area contributed by atoms with E-state index in [9.17, 15) is 13.2 Å². The zero-order valence-electron chi connectivity index (χ0n) is 8.23. The number of benzene rings is 1. The maximum Gasteiger partial charge on any atom is 0.247 e. The van der Waals surface area contributed by atoms with Gasteiger partial charge in [-0.25, -0.2) is 8.42 Å². The number of hydrogen-bond donors (Lipinski definition) is 1. The molecule has 0 saturated carbocycles. The number of sulfone groups is 1. The monoisotopic (exact) mass is 225 g/mol. The molecular formula is C10H11NO3S. The second kappa shape index (κ2) is 4.27. The quantitative estimate of drug-likeness (QED) is 0.786. The highest BCUT2D eigenvalue weighted by Crippen LogP contribution is 2.14. The third-order valence-electron chi connectivity index (χ3n) is 1.72. The van der Waals surface area contributed by atoms with E-state index in [2.05, 4.69) is 11.9 Å². The lowest BCUT2D eigenvalue weighted by Gasteiger charge is -2.03. The number of carbonyl (C=O) groups excluding carboxylic acids is 1. The lowest BCUT2D eigenvalue weighted by Crippen LogP contribution is -2.08. The molecular weight excluding hydrogens is 214 g/mol. The predicted octanol–water partition coefficient (Wildman–Crippen LogP) is 1.21. The molecule has 1 aromatic carbocycles. The highest BCUT2D eigenvalue weighted by atomic mass is 32.2. The second-order valence-electron chi connectivity index (χ2n) is 2.99. The van der Waals surface area contributed by atoms with Gasteiger partial charge in [0.1, 0.15) is 0 Å². The van der Waals surface area contributed by atoms with Crippen molar-refractivity contribution in [1.29, 1.82) is 0 Å². The summed E-state index contributed by atoms with van der Waals surface area (Å²) in [5, 5.41) is 2.48. The molecule has 0 bridgehead atoms. The van der Waals surface area contributed by atoms with Crippen molar-refractivity contribution in [3.05, 3.63) is 36.9 Å². The van der Waals surface area contributed by atoms with E-state index in [1.807, 2.05) is 0 Å². The zero-order valence-corrected chi connectivity index (χ0v) is 9.04. The van der Waals surface area contributed by atoms with Gasteiger partial charge in [0.2, 0.25) is 5.91 Å². The van der Waals surface area contributed by atoms with E-state index in [0.29, 0.717) is 5.69 Å². The van der Waals surface area contributed by atoms with Crippen LogP contribution in [0.3, 0.4) is 0 Å². The molecule has 0 saturated heterocycles. The number of nitrogens with one attached hydrogen (secondary N) is 1. The fourth-order valence-electron chi connectivity index (χ4n) is 0.998. The summed E-state index contributed by atoms with van der Waals surface area (Å²) in [5.41, 5.74) is 0.433. The first-order chi connectivity index (χ1) is 6.93. The van der Waals surface area contributed by atoms with Crippen LogP contribution in [0.25, 0.3) is 0 Å². The van der Waals surface area contributed by atoms with Crippen molar-refractivity contribution < 1.29 is 13.2 Å². The summed E-state index contributed by atoms with van der Waals surface area (Å²) < 4.78 is 22.4. The molecule has 5 heteroatoms. The van der Waals surface area contributed by atoms with Crippen molar-refractivity contribution >= 4 is 21.4 Å².